The van der Waals surface area contributed by atoms with Gasteiger partial charge in [0.05, 0.1) is 0 Å². The predicted octanol–water partition coefficient (Wildman–Crippen LogP) is 1.47. The van der Waals surface area contributed by atoms with Gasteiger partial charge in [0.25, 0.3) is 0 Å². The van der Waals surface area contributed by atoms with Crippen molar-refractivity contribution < 1.29 is 0 Å². The molecule has 1 aliphatic heterocycles. The normalized spacial score (nSPS) is 35.5. The molecule has 1 saturated heterocycles. The lowest BCUT2D eigenvalue weighted by atomic mass is 10.1. The van der Waals surface area contributed by atoms with E-state index in [1.807, 2.05) is 0 Å². The van der Waals surface area contributed by atoms with E-state index in [4.69, 9.17) is 0 Å². The molecule has 2 nitrogen and oxygen atoms in total. The van der Waals surface area contributed by atoms with Gasteiger partial charge in [0.1, 0.15) is 0 Å². The molecular formula is C11H22N2. The molecule has 76 valence electrons. The van der Waals surface area contributed by atoms with Gasteiger partial charge in [-0.2, -0.15) is 0 Å². The Kier molecular flexibility index (Phi) is 2.89. The van der Waals surface area contributed by atoms with Crippen LogP contribution in [0.4, 0.5) is 0 Å². The van der Waals surface area contributed by atoms with Crippen LogP contribution in [0.2, 0.25) is 0 Å². The van der Waals surface area contributed by atoms with Crippen LogP contribution in [0.15, 0.2) is 0 Å². The summed E-state index contributed by atoms with van der Waals surface area (Å²) in [4.78, 5) is 2.71. The second-order valence-electron chi connectivity index (χ2n) is 4.81. The van der Waals surface area contributed by atoms with E-state index in [0.717, 1.165) is 12.0 Å². The Balaban J connectivity index is 1.71. The lowest BCUT2D eigenvalue weighted by Gasteiger charge is -2.27. The monoisotopic (exact) mass is 182 g/mol. The quantitative estimate of drug-likeness (QED) is 0.708. The minimum Gasteiger partial charge on any atom is -0.317 e. The Labute approximate surface area is 81.7 Å². The molecule has 1 saturated carbocycles. The summed E-state index contributed by atoms with van der Waals surface area (Å²) in [5, 5.41) is 3.31. The second-order valence-corrected chi connectivity index (χ2v) is 4.81. The number of nitrogens with zero attached hydrogens (tertiary/aromatic N) is 1. The molecule has 13 heavy (non-hydrogen) atoms. The largest absolute Gasteiger partial charge is 0.317 e. The van der Waals surface area contributed by atoms with E-state index >= 15 is 0 Å². The molecular weight excluding hydrogens is 160 g/mol. The summed E-state index contributed by atoms with van der Waals surface area (Å²) in [5.41, 5.74) is 0. The average molecular weight is 182 g/mol. The molecule has 0 aromatic carbocycles. The number of hydrogen-bond acceptors (Lipinski definition) is 2. The van der Waals surface area contributed by atoms with Crippen LogP contribution in [0.1, 0.15) is 32.6 Å². The maximum Gasteiger partial charge on any atom is 0.00986 e. The van der Waals surface area contributed by atoms with E-state index in [1.165, 1.54) is 38.8 Å². The topological polar surface area (TPSA) is 15.3 Å². The minimum absolute atomic E-state index is 0.680. The van der Waals surface area contributed by atoms with Crippen LogP contribution in [-0.4, -0.2) is 37.1 Å². The molecule has 2 rings (SSSR count). The van der Waals surface area contributed by atoms with Crippen LogP contribution < -0.4 is 5.32 Å². The predicted molar refractivity (Wildman–Crippen MR) is 55.8 cm³/mol. The fourth-order valence-corrected chi connectivity index (χ4v) is 2.80. The molecule has 2 bridgehead atoms. The standard InChI is InChI=1S/C11H22N2/c1-9(12-2)5-6-13-8-10-3-4-11(13)7-10/h9-12H,3-8H2,1-2H3. The number of fused-ring (bicyclic) bond motifs is 2. The molecule has 3 atom stereocenters. The van der Waals surface area contributed by atoms with Gasteiger partial charge in [-0.3, -0.25) is 0 Å². The molecule has 0 spiro atoms. The highest BCUT2D eigenvalue weighted by Gasteiger charge is 2.37. The first-order valence-corrected chi connectivity index (χ1v) is 5.71. The molecule has 0 radical (unpaired) electrons. The van der Waals surface area contributed by atoms with Crippen LogP contribution in [0.25, 0.3) is 0 Å². The van der Waals surface area contributed by atoms with E-state index in [9.17, 15) is 0 Å². The van der Waals surface area contributed by atoms with Crippen LogP contribution in [0, 0.1) is 5.92 Å². The summed E-state index contributed by atoms with van der Waals surface area (Å²) in [7, 11) is 2.06. The molecule has 1 aliphatic carbocycles. The first kappa shape index (κ1) is 9.47. The van der Waals surface area contributed by atoms with Crippen molar-refractivity contribution in [3.8, 4) is 0 Å². The van der Waals surface area contributed by atoms with E-state index in [0.29, 0.717) is 6.04 Å². The van der Waals surface area contributed by atoms with Crippen molar-refractivity contribution in [2.45, 2.75) is 44.7 Å². The van der Waals surface area contributed by atoms with Crippen molar-refractivity contribution in [3.05, 3.63) is 0 Å². The van der Waals surface area contributed by atoms with Crippen LogP contribution in [0.5, 0.6) is 0 Å². The highest BCUT2D eigenvalue weighted by Crippen LogP contribution is 2.37. The Bertz CT molecular complexity index is 169. The lowest BCUT2D eigenvalue weighted by Crippen LogP contribution is -2.35. The summed E-state index contributed by atoms with van der Waals surface area (Å²) in [6, 6.07) is 1.63. The van der Waals surface area contributed by atoms with Crippen molar-refractivity contribution >= 4 is 0 Å². The van der Waals surface area contributed by atoms with E-state index in [-0.39, 0.29) is 0 Å². The first-order valence-electron chi connectivity index (χ1n) is 5.71. The van der Waals surface area contributed by atoms with Gasteiger partial charge in [0.2, 0.25) is 0 Å². The average Bonchev–Trinajstić information content (AvgIpc) is 2.74. The molecule has 0 amide bonds. The first-order chi connectivity index (χ1) is 6.29. The molecule has 3 unspecified atom stereocenters. The van der Waals surface area contributed by atoms with Crippen LogP contribution in [-0.2, 0) is 0 Å². The minimum atomic E-state index is 0.680. The molecule has 1 N–H and O–H groups in total. The van der Waals surface area contributed by atoms with Gasteiger partial charge in [-0.15, -0.1) is 0 Å². The number of rotatable bonds is 4. The van der Waals surface area contributed by atoms with Crippen molar-refractivity contribution in [1.82, 2.24) is 10.2 Å². The SMILES string of the molecule is CNC(C)CCN1CC2CCC1C2. The van der Waals surface area contributed by atoms with E-state index < -0.39 is 0 Å². The molecule has 2 aliphatic rings. The van der Waals surface area contributed by atoms with Gasteiger partial charge in [-0.05, 0) is 52.1 Å². The van der Waals surface area contributed by atoms with Gasteiger partial charge in [0, 0.05) is 18.6 Å². The van der Waals surface area contributed by atoms with Gasteiger partial charge in [0.15, 0.2) is 0 Å². The summed E-state index contributed by atoms with van der Waals surface area (Å²) >= 11 is 0. The van der Waals surface area contributed by atoms with Gasteiger partial charge < -0.3 is 10.2 Å². The summed E-state index contributed by atoms with van der Waals surface area (Å²) in [6.07, 6.45) is 5.77. The maximum absolute atomic E-state index is 3.31. The fourth-order valence-electron chi connectivity index (χ4n) is 2.80. The highest BCUT2D eigenvalue weighted by molar-refractivity contribution is 4.92. The summed E-state index contributed by atoms with van der Waals surface area (Å²) in [5.74, 6) is 1.05. The molecule has 0 aromatic heterocycles. The van der Waals surface area contributed by atoms with E-state index in [2.05, 4.69) is 24.2 Å². The molecule has 1 heterocycles. The van der Waals surface area contributed by atoms with E-state index in [1.54, 1.807) is 0 Å². The fraction of sp³-hybridized carbons (Fsp3) is 1.00. The highest BCUT2D eigenvalue weighted by atomic mass is 15.2. The zero-order valence-electron chi connectivity index (χ0n) is 8.92. The smallest absolute Gasteiger partial charge is 0.00986 e. The zero-order chi connectivity index (χ0) is 9.26. The Hall–Kier alpha value is -0.0800. The molecule has 0 aromatic rings. The van der Waals surface area contributed by atoms with Crippen LogP contribution in [0.3, 0.4) is 0 Å². The van der Waals surface area contributed by atoms with Crippen LogP contribution >= 0.6 is 0 Å². The Morgan fingerprint density at radius 2 is 2.31 bits per heavy atom. The van der Waals surface area contributed by atoms with Gasteiger partial charge in [-0.25, -0.2) is 0 Å². The Morgan fingerprint density at radius 1 is 1.46 bits per heavy atom. The van der Waals surface area contributed by atoms with Crippen molar-refractivity contribution in [2.75, 3.05) is 20.1 Å². The number of piperidine rings is 1. The third-order valence-corrected chi connectivity index (χ3v) is 3.86. The number of nitrogens with one attached hydrogen (secondary N) is 1. The van der Waals surface area contributed by atoms with Gasteiger partial charge in [-0.1, -0.05) is 0 Å². The van der Waals surface area contributed by atoms with Gasteiger partial charge >= 0.3 is 0 Å². The number of hydrogen-bond donors (Lipinski definition) is 1. The third-order valence-electron chi connectivity index (χ3n) is 3.86. The summed E-state index contributed by atoms with van der Waals surface area (Å²) < 4.78 is 0. The van der Waals surface area contributed by atoms with Crippen molar-refractivity contribution in [3.63, 3.8) is 0 Å². The third kappa shape index (κ3) is 2.05. The number of likely N-dealkylation sites (tertiary alicyclic amines) is 1. The lowest BCUT2D eigenvalue weighted by molar-refractivity contribution is 0.205. The molecule has 2 heteroatoms. The maximum atomic E-state index is 3.31. The second kappa shape index (κ2) is 3.97. The zero-order valence-corrected chi connectivity index (χ0v) is 8.92. The summed E-state index contributed by atoms with van der Waals surface area (Å²) in [6.45, 7) is 4.97. The Morgan fingerprint density at radius 3 is 2.85 bits per heavy atom. The molecule has 2 fully saturated rings. The van der Waals surface area contributed by atoms with Crippen molar-refractivity contribution in [2.24, 2.45) is 5.92 Å². The van der Waals surface area contributed by atoms with Crippen molar-refractivity contribution in [1.29, 1.82) is 0 Å².